The van der Waals surface area contributed by atoms with Crippen LogP contribution in [0.2, 0.25) is 0 Å². The van der Waals surface area contributed by atoms with Gasteiger partial charge >= 0.3 is 6.03 Å². The Morgan fingerprint density at radius 3 is 2.65 bits per heavy atom. The predicted molar refractivity (Wildman–Crippen MR) is 105 cm³/mol. The van der Waals surface area contributed by atoms with Crippen LogP contribution in [0.4, 0.5) is 10.6 Å². The van der Waals surface area contributed by atoms with Crippen LogP contribution in [0.15, 0.2) is 36.5 Å². The molecule has 0 saturated carbocycles. The van der Waals surface area contributed by atoms with Crippen molar-refractivity contribution < 1.29 is 4.79 Å². The molecule has 1 aromatic carbocycles. The molecule has 3 rings (SSSR count). The first-order chi connectivity index (χ1) is 12.5. The number of carbonyl (C=O) groups excluding carboxylic acids is 1. The molecule has 0 radical (unpaired) electrons. The van der Waals surface area contributed by atoms with Gasteiger partial charge in [-0.25, -0.2) is 9.78 Å². The fraction of sp³-hybridized carbons (Fsp3) is 0.429. The van der Waals surface area contributed by atoms with E-state index in [-0.39, 0.29) is 12.1 Å². The number of likely N-dealkylation sites (tertiary alicyclic amines) is 1. The van der Waals surface area contributed by atoms with Gasteiger partial charge in [-0.2, -0.15) is 0 Å². The SMILES string of the molecule is Cc1cccc(C)c1C1CCCN1C(=O)NCc1cccnc1N(C)C. The third-order valence-electron chi connectivity index (χ3n) is 5.11. The largest absolute Gasteiger partial charge is 0.362 e. The molecule has 2 aromatic rings. The fourth-order valence-corrected chi connectivity index (χ4v) is 3.91. The van der Waals surface area contributed by atoms with Gasteiger partial charge in [-0.15, -0.1) is 0 Å². The van der Waals surface area contributed by atoms with Gasteiger partial charge in [0.25, 0.3) is 0 Å². The van der Waals surface area contributed by atoms with E-state index < -0.39 is 0 Å². The number of urea groups is 1. The van der Waals surface area contributed by atoms with Crippen LogP contribution < -0.4 is 10.2 Å². The van der Waals surface area contributed by atoms with Gasteiger partial charge in [0.1, 0.15) is 5.82 Å². The third-order valence-corrected chi connectivity index (χ3v) is 5.11. The molecular formula is C21H28N4O. The van der Waals surface area contributed by atoms with Crippen molar-refractivity contribution in [1.29, 1.82) is 0 Å². The normalized spacial score (nSPS) is 16.6. The molecule has 1 fully saturated rings. The maximum atomic E-state index is 12.9. The lowest BCUT2D eigenvalue weighted by Gasteiger charge is -2.28. The number of benzene rings is 1. The number of rotatable bonds is 4. The summed E-state index contributed by atoms with van der Waals surface area (Å²) in [4.78, 5) is 21.2. The van der Waals surface area contributed by atoms with Gasteiger partial charge in [-0.05, 0) is 49.4 Å². The van der Waals surface area contributed by atoms with E-state index in [0.29, 0.717) is 6.54 Å². The second kappa shape index (κ2) is 7.77. The molecule has 0 spiro atoms. The van der Waals surface area contributed by atoms with Crippen LogP contribution in [0.1, 0.15) is 41.1 Å². The first-order valence-electron chi connectivity index (χ1n) is 9.21. The first kappa shape index (κ1) is 18.2. The molecule has 1 N–H and O–H groups in total. The van der Waals surface area contributed by atoms with Gasteiger partial charge in [-0.1, -0.05) is 24.3 Å². The van der Waals surface area contributed by atoms with E-state index in [1.165, 1.54) is 16.7 Å². The number of aromatic nitrogens is 1. The van der Waals surface area contributed by atoms with Crippen molar-refractivity contribution in [1.82, 2.24) is 15.2 Å². The molecule has 5 nitrogen and oxygen atoms in total. The maximum Gasteiger partial charge on any atom is 0.318 e. The Balaban J connectivity index is 1.74. The number of pyridine rings is 1. The minimum Gasteiger partial charge on any atom is -0.362 e. The van der Waals surface area contributed by atoms with Gasteiger partial charge < -0.3 is 15.1 Å². The van der Waals surface area contributed by atoms with Crippen molar-refractivity contribution in [2.75, 3.05) is 25.5 Å². The highest BCUT2D eigenvalue weighted by Crippen LogP contribution is 2.35. The number of hydrogen-bond donors (Lipinski definition) is 1. The summed E-state index contributed by atoms with van der Waals surface area (Å²) in [5.74, 6) is 0.889. The lowest BCUT2D eigenvalue weighted by molar-refractivity contribution is 0.192. The highest BCUT2D eigenvalue weighted by Gasteiger charge is 2.31. The van der Waals surface area contributed by atoms with Gasteiger partial charge in [0.15, 0.2) is 0 Å². The Kier molecular flexibility index (Phi) is 5.45. The zero-order valence-electron chi connectivity index (χ0n) is 16.1. The molecular weight excluding hydrogens is 324 g/mol. The van der Waals surface area contributed by atoms with Gasteiger partial charge in [0.05, 0.1) is 6.04 Å². The zero-order valence-corrected chi connectivity index (χ0v) is 16.1. The summed E-state index contributed by atoms with van der Waals surface area (Å²) >= 11 is 0. The van der Waals surface area contributed by atoms with Gasteiger partial charge in [-0.3, -0.25) is 0 Å². The maximum absolute atomic E-state index is 12.9. The second-order valence-corrected chi connectivity index (χ2v) is 7.20. The Bertz CT molecular complexity index is 767. The molecule has 1 saturated heterocycles. The van der Waals surface area contributed by atoms with Crippen molar-refractivity contribution in [3.63, 3.8) is 0 Å². The summed E-state index contributed by atoms with van der Waals surface area (Å²) < 4.78 is 0. The number of anilines is 1. The zero-order chi connectivity index (χ0) is 18.7. The Morgan fingerprint density at radius 2 is 1.96 bits per heavy atom. The van der Waals surface area contributed by atoms with Crippen molar-refractivity contribution in [3.8, 4) is 0 Å². The van der Waals surface area contributed by atoms with Crippen LogP contribution in [0.3, 0.4) is 0 Å². The molecule has 1 atom stereocenters. The highest BCUT2D eigenvalue weighted by molar-refractivity contribution is 5.75. The summed E-state index contributed by atoms with van der Waals surface area (Å²) in [6.07, 6.45) is 3.84. The van der Waals surface area contributed by atoms with E-state index in [1.54, 1.807) is 6.20 Å². The van der Waals surface area contributed by atoms with Crippen molar-refractivity contribution in [2.24, 2.45) is 0 Å². The lowest BCUT2D eigenvalue weighted by Crippen LogP contribution is -2.39. The van der Waals surface area contributed by atoms with Crippen molar-refractivity contribution in [3.05, 3.63) is 58.8 Å². The van der Waals surface area contributed by atoms with Crippen molar-refractivity contribution >= 4 is 11.8 Å². The van der Waals surface area contributed by atoms with E-state index in [4.69, 9.17) is 0 Å². The molecule has 0 bridgehead atoms. The summed E-state index contributed by atoms with van der Waals surface area (Å²) in [6, 6.07) is 10.4. The molecule has 1 aromatic heterocycles. The minimum absolute atomic E-state index is 0.00344. The molecule has 0 aliphatic carbocycles. The average molecular weight is 352 g/mol. The summed E-state index contributed by atoms with van der Waals surface area (Å²) in [7, 11) is 3.93. The number of amides is 2. The number of nitrogens with one attached hydrogen (secondary N) is 1. The molecule has 2 heterocycles. The Hall–Kier alpha value is -2.56. The van der Waals surface area contributed by atoms with Crippen LogP contribution in [0, 0.1) is 13.8 Å². The van der Waals surface area contributed by atoms with Crippen molar-refractivity contribution in [2.45, 2.75) is 39.3 Å². The fourth-order valence-electron chi connectivity index (χ4n) is 3.91. The quantitative estimate of drug-likeness (QED) is 0.910. The van der Waals surface area contributed by atoms with Crippen LogP contribution in [0.25, 0.3) is 0 Å². The van der Waals surface area contributed by atoms with Crippen LogP contribution in [-0.2, 0) is 6.54 Å². The molecule has 1 unspecified atom stereocenters. The smallest absolute Gasteiger partial charge is 0.318 e. The number of aryl methyl sites for hydroxylation is 2. The van der Waals surface area contributed by atoms with Gasteiger partial charge in [0, 0.05) is 38.9 Å². The summed E-state index contributed by atoms with van der Waals surface area (Å²) in [5.41, 5.74) is 4.85. The first-order valence-corrected chi connectivity index (χ1v) is 9.21. The highest BCUT2D eigenvalue weighted by atomic mass is 16.2. The topological polar surface area (TPSA) is 48.5 Å². The molecule has 1 aliphatic rings. The Labute approximate surface area is 156 Å². The summed E-state index contributed by atoms with van der Waals surface area (Å²) in [6.45, 7) is 5.56. The minimum atomic E-state index is 0.00344. The van der Waals surface area contributed by atoms with E-state index in [9.17, 15) is 4.79 Å². The number of hydrogen-bond acceptors (Lipinski definition) is 3. The number of carbonyl (C=O) groups is 1. The monoisotopic (exact) mass is 352 g/mol. The van der Waals surface area contributed by atoms with Crippen LogP contribution in [0.5, 0.6) is 0 Å². The Morgan fingerprint density at radius 1 is 1.23 bits per heavy atom. The predicted octanol–water partition coefficient (Wildman–Crippen LogP) is 3.81. The van der Waals surface area contributed by atoms with Gasteiger partial charge in [0.2, 0.25) is 0 Å². The molecule has 26 heavy (non-hydrogen) atoms. The van der Waals surface area contributed by atoms with E-state index in [2.05, 4.69) is 42.3 Å². The van der Waals surface area contributed by atoms with E-state index in [1.807, 2.05) is 36.0 Å². The second-order valence-electron chi connectivity index (χ2n) is 7.20. The van der Waals surface area contributed by atoms with Crippen LogP contribution in [-0.4, -0.2) is 36.6 Å². The molecule has 2 amide bonds. The summed E-state index contributed by atoms with van der Waals surface area (Å²) in [5, 5.41) is 3.10. The number of nitrogens with zero attached hydrogens (tertiary/aromatic N) is 3. The van der Waals surface area contributed by atoms with E-state index >= 15 is 0 Å². The average Bonchev–Trinajstić information content (AvgIpc) is 3.09. The van der Waals surface area contributed by atoms with E-state index in [0.717, 1.165) is 30.8 Å². The molecule has 5 heteroatoms. The molecule has 138 valence electrons. The van der Waals surface area contributed by atoms with Crippen LogP contribution >= 0.6 is 0 Å². The third kappa shape index (κ3) is 3.66. The molecule has 1 aliphatic heterocycles. The lowest BCUT2D eigenvalue weighted by atomic mass is 9.94. The standard InChI is InChI=1S/C21H28N4O/c1-15-8-5-9-16(2)19(15)18-11-7-13-25(18)21(26)23-14-17-10-6-12-22-20(17)24(3)4/h5-6,8-10,12,18H,7,11,13-14H2,1-4H3,(H,23,26).